The van der Waals surface area contributed by atoms with Crippen LogP contribution < -0.4 is 4.90 Å². The third kappa shape index (κ3) is 3.11. The van der Waals surface area contributed by atoms with E-state index in [2.05, 4.69) is 5.10 Å². The maximum atomic E-state index is 13.1. The number of furan rings is 1. The summed E-state index contributed by atoms with van der Waals surface area (Å²) in [6.07, 6.45) is -2.46. The van der Waals surface area contributed by atoms with Crippen LogP contribution in [0.3, 0.4) is 0 Å². The van der Waals surface area contributed by atoms with Crippen molar-refractivity contribution in [1.29, 1.82) is 0 Å². The van der Waals surface area contributed by atoms with Crippen LogP contribution in [0.5, 0.6) is 0 Å². The van der Waals surface area contributed by atoms with Crippen LogP contribution in [0.25, 0.3) is 0 Å². The van der Waals surface area contributed by atoms with Crippen molar-refractivity contribution in [2.75, 3.05) is 11.4 Å². The number of amides is 1. The number of aryl methyl sites for hydroxylation is 2. The quantitative estimate of drug-likeness (QED) is 0.869. The maximum Gasteiger partial charge on any atom is 0.410 e. The number of carbonyl (C=O) groups is 1. The average molecular weight is 327 g/mol. The third-order valence-corrected chi connectivity index (χ3v) is 3.88. The number of alkyl halides is 3. The zero-order valence-corrected chi connectivity index (χ0v) is 12.5. The Balaban J connectivity index is 1.79. The average Bonchev–Trinajstić information content (AvgIpc) is 3.10. The molecule has 3 rings (SSSR count). The zero-order chi connectivity index (χ0) is 16.6. The minimum absolute atomic E-state index is 0.0340. The highest BCUT2D eigenvalue weighted by atomic mass is 19.4. The first-order valence-corrected chi connectivity index (χ1v) is 7.32. The third-order valence-electron chi connectivity index (χ3n) is 3.88. The van der Waals surface area contributed by atoms with Gasteiger partial charge in [0.1, 0.15) is 11.6 Å². The fourth-order valence-corrected chi connectivity index (χ4v) is 2.80. The minimum atomic E-state index is -4.38. The van der Waals surface area contributed by atoms with Crippen LogP contribution in [0, 0.1) is 6.92 Å². The molecule has 5 nitrogen and oxygen atoms in total. The van der Waals surface area contributed by atoms with Crippen LogP contribution in [0.2, 0.25) is 0 Å². The van der Waals surface area contributed by atoms with Crippen molar-refractivity contribution in [2.45, 2.75) is 38.4 Å². The molecule has 124 valence electrons. The second-order valence-corrected chi connectivity index (χ2v) is 5.56. The molecule has 0 saturated heterocycles. The number of fused-ring (bicyclic) bond motifs is 1. The zero-order valence-electron chi connectivity index (χ0n) is 12.5. The summed E-state index contributed by atoms with van der Waals surface area (Å²) in [6.45, 7) is 1.65. The second-order valence-electron chi connectivity index (χ2n) is 5.56. The number of anilines is 1. The molecule has 1 aliphatic rings. The second kappa shape index (κ2) is 5.75. The molecule has 1 aliphatic heterocycles. The van der Waals surface area contributed by atoms with E-state index < -0.39 is 12.2 Å². The monoisotopic (exact) mass is 327 g/mol. The largest absolute Gasteiger partial charge is 0.469 e. The van der Waals surface area contributed by atoms with E-state index in [9.17, 15) is 18.0 Å². The fraction of sp³-hybridized carbons (Fsp3) is 0.467. The number of aromatic nitrogens is 2. The molecule has 23 heavy (non-hydrogen) atoms. The molecule has 8 heteroatoms. The van der Waals surface area contributed by atoms with Crippen LogP contribution >= 0.6 is 0 Å². The molecule has 1 atom stereocenters. The fourth-order valence-electron chi connectivity index (χ4n) is 2.80. The topological polar surface area (TPSA) is 51.3 Å². The van der Waals surface area contributed by atoms with Crippen molar-refractivity contribution in [3.05, 3.63) is 35.9 Å². The smallest absolute Gasteiger partial charge is 0.410 e. The Morgan fingerprint density at radius 3 is 2.91 bits per heavy atom. The number of carbonyl (C=O) groups excluding carboxylic acids is 1. The number of hydrogen-bond acceptors (Lipinski definition) is 3. The van der Waals surface area contributed by atoms with Gasteiger partial charge >= 0.3 is 6.18 Å². The van der Waals surface area contributed by atoms with Gasteiger partial charge in [0.05, 0.1) is 12.0 Å². The summed E-state index contributed by atoms with van der Waals surface area (Å²) in [5.41, 5.74) is 0.458. The highest BCUT2D eigenvalue weighted by molar-refractivity contribution is 5.93. The molecular formula is C15H16F3N3O2. The van der Waals surface area contributed by atoms with Gasteiger partial charge in [-0.2, -0.15) is 18.3 Å². The predicted molar refractivity (Wildman–Crippen MR) is 76.1 cm³/mol. The molecule has 0 N–H and O–H groups in total. The first-order valence-electron chi connectivity index (χ1n) is 7.32. The van der Waals surface area contributed by atoms with Gasteiger partial charge in [0, 0.05) is 25.5 Å². The van der Waals surface area contributed by atoms with Gasteiger partial charge in [0.15, 0.2) is 6.04 Å². The van der Waals surface area contributed by atoms with E-state index in [1.54, 1.807) is 19.1 Å². The molecule has 2 aromatic rings. The van der Waals surface area contributed by atoms with Gasteiger partial charge in [-0.25, -0.2) is 4.68 Å². The normalized spacial score (nSPS) is 18.1. The van der Waals surface area contributed by atoms with E-state index in [-0.39, 0.29) is 31.1 Å². The SMILES string of the molecule is Cc1cc2n(n1)[C@H](C(F)(F)F)CCN2C(=O)CCc1ccco1. The van der Waals surface area contributed by atoms with Gasteiger partial charge in [-0.1, -0.05) is 0 Å². The van der Waals surface area contributed by atoms with Crippen molar-refractivity contribution in [3.8, 4) is 0 Å². The van der Waals surface area contributed by atoms with E-state index in [0.717, 1.165) is 4.68 Å². The van der Waals surface area contributed by atoms with Gasteiger partial charge < -0.3 is 4.42 Å². The summed E-state index contributed by atoms with van der Waals surface area (Å²) in [5, 5.41) is 3.93. The summed E-state index contributed by atoms with van der Waals surface area (Å²) in [6, 6.07) is 3.33. The van der Waals surface area contributed by atoms with Crippen LogP contribution in [-0.2, 0) is 11.2 Å². The van der Waals surface area contributed by atoms with Gasteiger partial charge in [0.2, 0.25) is 5.91 Å². The molecule has 2 aromatic heterocycles. The Morgan fingerprint density at radius 1 is 1.48 bits per heavy atom. The van der Waals surface area contributed by atoms with E-state index in [1.165, 1.54) is 17.2 Å². The lowest BCUT2D eigenvalue weighted by molar-refractivity contribution is -0.173. The van der Waals surface area contributed by atoms with Gasteiger partial charge in [-0.05, 0) is 25.5 Å². The first-order chi connectivity index (χ1) is 10.9. The summed E-state index contributed by atoms with van der Waals surface area (Å²) < 4.78 is 45.4. The molecule has 0 aliphatic carbocycles. The highest BCUT2D eigenvalue weighted by Crippen LogP contribution is 2.39. The van der Waals surface area contributed by atoms with Gasteiger partial charge in [-0.3, -0.25) is 9.69 Å². The summed E-state index contributed by atoms with van der Waals surface area (Å²) in [7, 11) is 0. The number of hydrogen-bond donors (Lipinski definition) is 0. The molecular weight excluding hydrogens is 311 g/mol. The molecule has 3 heterocycles. The molecule has 0 fully saturated rings. The predicted octanol–water partition coefficient (Wildman–Crippen LogP) is 3.26. The summed E-state index contributed by atoms with van der Waals surface area (Å²) in [5.74, 6) is 0.650. The number of nitrogens with zero attached hydrogens (tertiary/aromatic N) is 3. The van der Waals surface area contributed by atoms with Gasteiger partial charge in [-0.15, -0.1) is 0 Å². The Hall–Kier alpha value is -2.25. The lowest BCUT2D eigenvalue weighted by Crippen LogP contribution is -2.43. The molecule has 1 amide bonds. The first kappa shape index (κ1) is 15.6. The van der Waals surface area contributed by atoms with Gasteiger partial charge in [0.25, 0.3) is 0 Å². The van der Waals surface area contributed by atoms with E-state index in [0.29, 0.717) is 17.9 Å². The standard InChI is InChI=1S/C15H16F3N3O2/c1-10-9-13-20(14(22)5-4-11-3-2-8-23-11)7-6-12(15(16,17)18)21(13)19-10/h2-3,8-9,12H,4-7H2,1H3/t12-/m0/s1. The Kier molecular flexibility index (Phi) is 3.91. The van der Waals surface area contributed by atoms with Crippen LogP contribution in [0.1, 0.15) is 30.3 Å². The summed E-state index contributed by atoms with van der Waals surface area (Å²) >= 11 is 0. The van der Waals surface area contributed by atoms with Crippen LogP contribution in [0.4, 0.5) is 19.0 Å². The van der Waals surface area contributed by atoms with Crippen molar-refractivity contribution < 1.29 is 22.4 Å². The molecule has 0 aromatic carbocycles. The highest BCUT2D eigenvalue weighted by Gasteiger charge is 2.46. The number of halogens is 3. The van der Waals surface area contributed by atoms with Crippen molar-refractivity contribution in [1.82, 2.24) is 9.78 Å². The van der Waals surface area contributed by atoms with Crippen molar-refractivity contribution >= 4 is 11.7 Å². The van der Waals surface area contributed by atoms with E-state index >= 15 is 0 Å². The molecule has 0 bridgehead atoms. The van der Waals surface area contributed by atoms with Crippen LogP contribution in [0.15, 0.2) is 28.9 Å². The minimum Gasteiger partial charge on any atom is -0.469 e. The van der Waals surface area contributed by atoms with Crippen LogP contribution in [-0.4, -0.2) is 28.4 Å². The molecule has 0 saturated carbocycles. The molecule has 0 spiro atoms. The Morgan fingerprint density at radius 2 is 2.26 bits per heavy atom. The lowest BCUT2D eigenvalue weighted by Gasteiger charge is -2.33. The van der Waals surface area contributed by atoms with Crippen molar-refractivity contribution in [2.24, 2.45) is 0 Å². The summed E-state index contributed by atoms with van der Waals surface area (Å²) in [4.78, 5) is 13.8. The molecule has 0 radical (unpaired) electrons. The van der Waals surface area contributed by atoms with E-state index in [1.807, 2.05) is 0 Å². The number of rotatable bonds is 3. The maximum absolute atomic E-state index is 13.1. The lowest BCUT2D eigenvalue weighted by atomic mass is 10.1. The van der Waals surface area contributed by atoms with Crippen molar-refractivity contribution in [3.63, 3.8) is 0 Å². The Labute approximate surface area is 130 Å². The Bertz CT molecular complexity index is 691. The molecule has 0 unspecified atom stereocenters. The van der Waals surface area contributed by atoms with E-state index in [4.69, 9.17) is 4.42 Å².